The van der Waals surface area contributed by atoms with Gasteiger partial charge in [0.25, 0.3) is 5.69 Å². The van der Waals surface area contributed by atoms with E-state index in [0.717, 1.165) is 6.20 Å². The summed E-state index contributed by atoms with van der Waals surface area (Å²) in [5.41, 5.74) is -0.387. The van der Waals surface area contributed by atoms with Crippen molar-refractivity contribution in [3.8, 4) is 0 Å². The number of nitrogens with zero attached hydrogens (tertiary/aromatic N) is 4. The molecule has 0 fully saturated rings. The average Bonchev–Trinajstić information content (AvgIpc) is 2.81. The van der Waals surface area contributed by atoms with E-state index in [1.54, 1.807) is 12.1 Å². The van der Waals surface area contributed by atoms with Gasteiger partial charge in [-0.25, -0.2) is 0 Å². The third-order valence-corrected chi connectivity index (χ3v) is 1.98. The molecule has 0 amide bonds. The largest absolute Gasteiger partial charge is 0.738 e. The Labute approximate surface area is 90.3 Å². The van der Waals surface area contributed by atoms with Crippen molar-refractivity contribution in [3.05, 3.63) is 58.3 Å². The molecule has 7 nitrogen and oxygen atoms in total. The molecular formula is C9H7N4O3-. The van der Waals surface area contributed by atoms with Gasteiger partial charge in [-0.05, 0) is 12.1 Å². The van der Waals surface area contributed by atoms with Crippen LogP contribution in [-0.2, 0) is 0 Å². The van der Waals surface area contributed by atoms with Crippen LogP contribution in [0.4, 0.5) is 11.4 Å². The van der Waals surface area contributed by atoms with Crippen molar-refractivity contribution in [2.45, 2.75) is 0 Å². The number of rotatable bonds is 3. The predicted octanol–water partition coefficient (Wildman–Crippen LogP) is 1.56. The Balaban J connectivity index is 2.44. The zero-order valence-corrected chi connectivity index (χ0v) is 8.06. The number of aromatic nitrogens is 2. The SMILES string of the molecule is O=[N+]([O-])c1ccncc1N([O-])n1cccc1. The minimum Gasteiger partial charge on any atom is -0.738 e. The topological polar surface area (TPSA) is 87.3 Å². The predicted molar refractivity (Wildman–Crippen MR) is 56.6 cm³/mol. The van der Waals surface area contributed by atoms with Gasteiger partial charge in [0.2, 0.25) is 0 Å². The molecule has 2 aromatic heterocycles. The first-order chi connectivity index (χ1) is 7.70. The molecule has 0 N–H and O–H groups in total. The van der Waals surface area contributed by atoms with Crippen LogP contribution in [0.25, 0.3) is 0 Å². The number of nitro groups is 1. The van der Waals surface area contributed by atoms with Crippen molar-refractivity contribution in [2.75, 3.05) is 5.17 Å². The summed E-state index contributed by atoms with van der Waals surface area (Å²) in [5.74, 6) is 0. The fourth-order valence-corrected chi connectivity index (χ4v) is 1.25. The summed E-state index contributed by atoms with van der Waals surface area (Å²) >= 11 is 0. The molecule has 16 heavy (non-hydrogen) atoms. The fourth-order valence-electron chi connectivity index (χ4n) is 1.25. The van der Waals surface area contributed by atoms with Crippen molar-refractivity contribution >= 4 is 11.4 Å². The third kappa shape index (κ3) is 1.71. The highest BCUT2D eigenvalue weighted by Gasteiger charge is 2.14. The Morgan fingerprint density at radius 3 is 2.69 bits per heavy atom. The van der Waals surface area contributed by atoms with E-state index in [0.29, 0.717) is 5.17 Å². The molecular weight excluding hydrogens is 212 g/mol. The summed E-state index contributed by atoms with van der Waals surface area (Å²) < 4.78 is 1.18. The summed E-state index contributed by atoms with van der Waals surface area (Å²) in [6.07, 6.45) is 5.41. The highest BCUT2D eigenvalue weighted by Crippen LogP contribution is 2.26. The minimum atomic E-state index is -0.620. The first-order valence-corrected chi connectivity index (χ1v) is 4.39. The molecule has 0 saturated carbocycles. The van der Waals surface area contributed by atoms with Gasteiger partial charge in [0.15, 0.2) is 0 Å². The van der Waals surface area contributed by atoms with E-state index in [4.69, 9.17) is 0 Å². The second-order valence-corrected chi connectivity index (χ2v) is 2.96. The van der Waals surface area contributed by atoms with Crippen LogP contribution in [-0.4, -0.2) is 14.6 Å². The Bertz CT molecular complexity index is 497. The van der Waals surface area contributed by atoms with Crippen LogP contribution in [0, 0.1) is 15.3 Å². The van der Waals surface area contributed by atoms with Crippen molar-refractivity contribution in [3.63, 3.8) is 0 Å². The van der Waals surface area contributed by atoms with Gasteiger partial charge in [-0.1, -0.05) is 0 Å². The molecule has 0 unspecified atom stereocenters. The van der Waals surface area contributed by atoms with E-state index >= 15 is 0 Å². The molecule has 0 radical (unpaired) electrons. The van der Waals surface area contributed by atoms with Crippen LogP contribution in [0.3, 0.4) is 0 Å². The van der Waals surface area contributed by atoms with Crippen LogP contribution in [0.2, 0.25) is 0 Å². The standard InChI is InChI=1S/C9H7N4O3/c14-12(11-5-1-2-6-11)9-7-10-4-3-8(9)13(15)16/h1-7H/q-1. The molecule has 0 aliphatic carbocycles. The molecule has 2 rings (SSSR count). The maximum absolute atomic E-state index is 11.8. The molecule has 7 heteroatoms. The van der Waals surface area contributed by atoms with E-state index in [1.165, 1.54) is 29.3 Å². The summed E-state index contributed by atoms with van der Waals surface area (Å²) in [4.78, 5) is 13.8. The summed E-state index contributed by atoms with van der Waals surface area (Å²) in [7, 11) is 0. The number of anilines is 1. The van der Waals surface area contributed by atoms with Crippen molar-refractivity contribution in [2.24, 2.45) is 0 Å². The van der Waals surface area contributed by atoms with Gasteiger partial charge in [0, 0.05) is 24.7 Å². The lowest BCUT2D eigenvalue weighted by Gasteiger charge is -2.30. The molecule has 0 aromatic carbocycles. The van der Waals surface area contributed by atoms with Crippen molar-refractivity contribution < 1.29 is 4.92 Å². The molecule has 0 atom stereocenters. The summed E-state index contributed by atoms with van der Waals surface area (Å²) in [6.45, 7) is 0. The third-order valence-electron chi connectivity index (χ3n) is 1.98. The fraction of sp³-hybridized carbons (Fsp3) is 0. The van der Waals surface area contributed by atoms with Crippen LogP contribution in [0.5, 0.6) is 0 Å². The maximum atomic E-state index is 11.8. The monoisotopic (exact) mass is 219 g/mol. The van der Waals surface area contributed by atoms with Crippen molar-refractivity contribution in [1.29, 1.82) is 0 Å². The zero-order chi connectivity index (χ0) is 11.5. The molecule has 2 heterocycles. The van der Waals surface area contributed by atoms with E-state index in [1.807, 2.05) is 0 Å². The number of pyridine rings is 1. The second-order valence-electron chi connectivity index (χ2n) is 2.96. The Morgan fingerprint density at radius 1 is 1.38 bits per heavy atom. The number of hydrogen-bond donors (Lipinski definition) is 0. The lowest BCUT2D eigenvalue weighted by Crippen LogP contribution is -2.21. The van der Waals surface area contributed by atoms with Crippen LogP contribution < -0.4 is 5.17 Å². The lowest BCUT2D eigenvalue weighted by molar-refractivity contribution is -0.384. The van der Waals surface area contributed by atoms with Crippen LogP contribution in [0.15, 0.2) is 43.0 Å². The molecule has 0 saturated heterocycles. The van der Waals surface area contributed by atoms with Crippen LogP contribution in [0.1, 0.15) is 0 Å². The zero-order valence-electron chi connectivity index (χ0n) is 8.06. The summed E-state index contributed by atoms with van der Waals surface area (Å²) in [6, 6.07) is 4.48. The molecule has 0 bridgehead atoms. The second kappa shape index (κ2) is 3.99. The van der Waals surface area contributed by atoms with Gasteiger partial charge >= 0.3 is 0 Å². The first kappa shape index (κ1) is 10.1. The Morgan fingerprint density at radius 2 is 2.06 bits per heavy atom. The van der Waals surface area contributed by atoms with E-state index in [2.05, 4.69) is 4.98 Å². The molecule has 0 aliphatic rings. The summed E-state index contributed by atoms with van der Waals surface area (Å²) in [5, 5.41) is 22.9. The van der Waals surface area contributed by atoms with Gasteiger partial charge < -0.3 is 10.4 Å². The average molecular weight is 219 g/mol. The van der Waals surface area contributed by atoms with Gasteiger partial charge in [0.05, 0.1) is 11.1 Å². The van der Waals surface area contributed by atoms with Crippen molar-refractivity contribution in [1.82, 2.24) is 9.66 Å². The van der Waals surface area contributed by atoms with Crippen LogP contribution >= 0.6 is 0 Å². The Hall–Kier alpha value is -2.41. The van der Waals surface area contributed by atoms with E-state index in [9.17, 15) is 15.3 Å². The highest BCUT2D eigenvalue weighted by atomic mass is 16.6. The molecule has 0 aliphatic heterocycles. The number of hydrogen-bond acceptors (Lipinski definition) is 5. The molecule has 0 spiro atoms. The van der Waals surface area contributed by atoms with Gasteiger partial charge in [0.1, 0.15) is 5.69 Å². The van der Waals surface area contributed by atoms with Gasteiger partial charge in [-0.2, -0.15) is 0 Å². The molecule has 2 aromatic rings. The normalized spacial score (nSPS) is 10.1. The quantitative estimate of drug-likeness (QED) is 0.577. The minimum absolute atomic E-state index is 0.108. The molecule has 82 valence electrons. The van der Waals surface area contributed by atoms with Gasteiger partial charge in [-0.15, -0.1) is 0 Å². The van der Waals surface area contributed by atoms with E-state index in [-0.39, 0.29) is 11.4 Å². The maximum Gasteiger partial charge on any atom is 0.296 e. The Kier molecular flexibility index (Phi) is 2.52. The smallest absolute Gasteiger partial charge is 0.296 e. The van der Waals surface area contributed by atoms with E-state index < -0.39 is 4.92 Å². The first-order valence-electron chi connectivity index (χ1n) is 4.39. The van der Waals surface area contributed by atoms with Gasteiger partial charge in [-0.3, -0.25) is 19.8 Å². The highest BCUT2D eigenvalue weighted by molar-refractivity contribution is 5.61. The lowest BCUT2D eigenvalue weighted by atomic mass is 10.3.